The Hall–Kier alpha value is -2.37. The number of nitrogens with zero attached hydrogens (tertiary/aromatic N) is 2. The highest BCUT2D eigenvalue weighted by Crippen LogP contribution is 2.19. The molecule has 0 aliphatic rings. The van der Waals surface area contributed by atoms with Crippen LogP contribution in [0.25, 0.3) is 0 Å². The lowest BCUT2D eigenvalue weighted by Gasteiger charge is -2.15. The van der Waals surface area contributed by atoms with Gasteiger partial charge in [0.2, 0.25) is 5.95 Å². The van der Waals surface area contributed by atoms with Crippen LogP contribution in [-0.2, 0) is 5.41 Å². The van der Waals surface area contributed by atoms with E-state index in [-0.39, 0.29) is 17.1 Å². The van der Waals surface area contributed by atoms with Gasteiger partial charge in [0.1, 0.15) is 11.4 Å². The molecule has 6 nitrogen and oxygen atoms in total. The third kappa shape index (κ3) is 4.07. The van der Waals surface area contributed by atoms with Gasteiger partial charge in [-0.2, -0.15) is 0 Å². The Labute approximate surface area is 129 Å². The van der Waals surface area contributed by atoms with Gasteiger partial charge in [-0.25, -0.2) is 0 Å². The second kappa shape index (κ2) is 6.17. The Morgan fingerprint density at radius 1 is 1.14 bits per heavy atom. The first-order chi connectivity index (χ1) is 10.3. The molecule has 1 aromatic heterocycles. The number of rotatable bonds is 4. The number of aromatic nitrogens is 3. The minimum Gasteiger partial charge on any atom is -0.491 e. The standard InChI is InChI=1S/C16H22N4O2/c1-10(2)22-12-8-6-11(7-9-12)17-15-18-14(21)13(19-20-15)16(3,4)5/h6-10H,1-5H3,(H2,17,18,20,21). The van der Waals surface area contributed by atoms with Crippen LogP contribution in [0.15, 0.2) is 29.1 Å². The number of H-pyrrole nitrogens is 1. The van der Waals surface area contributed by atoms with Crippen LogP contribution in [0.1, 0.15) is 40.3 Å². The van der Waals surface area contributed by atoms with Crippen molar-refractivity contribution in [1.29, 1.82) is 0 Å². The van der Waals surface area contributed by atoms with E-state index in [4.69, 9.17) is 4.74 Å². The van der Waals surface area contributed by atoms with Gasteiger partial charge in [-0.1, -0.05) is 20.8 Å². The van der Waals surface area contributed by atoms with Gasteiger partial charge >= 0.3 is 0 Å². The average Bonchev–Trinajstić information content (AvgIpc) is 2.39. The van der Waals surface area contributed by atoms with Gasteiger partial charge in [0.05, 0.1) is 6.10 Å². The van der Waals surface area contributed by atoms with E-state index in [0.717, 1.165) is 11.4 Å². The first-order valence-electron chi connectivity index (χ1n) is 7.27. The molecule has 0 amide bonds. The number of ether oxygens (including phenoxy) is 1. The lowest BCUT2D eigenvalue weighted by atomic mass is 9.93. The van der Waals surface area contributed by atoms with E-state index < -0.39 is 0 Å². The van der Waals surface area contributed by atoms with Gasteiger partial charge in [0.25, 0.3) is 5.56 Å². The maximum atomic E-state index is 12.0. The van der Waals surface area contributed by atoms with E-state index in [2.05, 4.69) is 20.5 Å². The molecule has 0 saturated carbocycles. The van der Waals surface area contributed by atoms with Crippen LogP contribution < -0.4 is 15.6 Å². The number of nitrogens with one attached hydrogen (secondary N) is 2. The first-order valence-corrected chi connectivity index (χ1v) is 7.27. The van der Waals surface area contributed by atoms with Gasteiger partial charge in [-0.05, 0) is 38.1 Å². The molecule has 0 saturated heterocycles. The summed E-state index contributed by atoms with van der Waals surface area (Å²) in [7, 11) is 0. The Morgan fingerprint density at radius 2 is 1.77 bits per heavy atom. The van der Waals surface area contributed by atoms with Crippen LogP contribution in [0.4, 0.5) is 11.6 Å². The van der Waals surface area contributed by atoms with Crippen molar-refractivity contribution in [2.75, 3.05) is 5.32 Å². The molecule has 0 spiro atoms. The molecule has 6 heteroatoms. The molecule has 2 aromatic rings. The number of anilines is 2. The topological polar surface area (TPSA) is 79.9 Å². The summed E-state index contributed by atoms with van der Waals surface area (Å²) in [6, 6.07) is 7.43. The maximum Gasteiger partial charge on any atom is 0.274 e. The van der Waals surface area contributed by atoms with Gasteiger partial charge in [0, 0.05) is 11.1 Å². The fourth-order valence-corrected chi connectivity index (χ4v) is 1.91. The van der Waals surface area contributed by atoms with E-state index >= 15 is 0 Å². The van der Waals surface area contributed by atoms with E-state index in [9.17, 15) is 4.79 Å². The van der Waals surface area contributed by atoms with E-state index in [1.165, 1.54) is 0 Å². The zero-order valence-corrected chi connectivity index (χ0v) is 13.6. The van der Waals surface area contributed by atoms with Crippen LogP contribution in [0.5, 0.6) is 5.75 Å². The van der Waals surface area contributed by atoms with Crippen molar-refractivity contribution in [2.24, 2.45) is 0 Å². The van der Waals surface area contributed by atoms with Gasteiger partial charge in [-0.3, -0.25) is 9.78 Å². The Balaban J connectivity index is 2.14. The number of benzene rings is 1. The van der Waals surface area contributed by atoms with Crippen molar-refractivity contribution < 1.29 is 4.74 Å². The largest absolute Gasteiger partial charge is 0.491 e. The summed E-state index contributed by atoms with van der Waals surface area (Å²) in [5.74, 6) is 1.11. The molecule has 0 radical (unpaired) electrons. The number of hydrogen-bond donors (Lipinski definition) is 2. The van der Waals surface area contributed by atoms with Gasteiger partial charge in [-0.15, -0.1) is 10.2 Å². The molecule has 22 heavy (non-hydrogen) atoms. The van der Waals surface area contributed by atoms with Crippen molar-refractivity contribution in [3.63, 3.8) is 0 Å². The third-order valence-electron chi connectivity index (χ3n) is 2.90. The Bertz CT molecular complexity index is 685. The highest BCUT2D eigenvalue weighted by atomic mass is 16.5. The predicted octanol–water partition coefficient (Wildman–Crippen LogP) is 2.99. The van der Waals surface area contributed by atoms with Crippen molar-refractivity contribution in [1.82, 2.24) is 15.2 Å². The molecule has 1 heterocycles. The molecular formula is C16H22N4O2. The van der Waals surface area contributed by atoms with Crippen molar-refractivity contribution >= 4 is 11.6 Å². The zero-order chi connectivity index (χ0) is 16.3. The van der Waals surface area contributed by atoms with Crippen LogP contribution >= 0.6 is 0 Å². The quantitative estimate of drug-likeness (QED) is 0.907. The third-order valence-corrected chi connectivity index (χ3v) is 2.90. The van der Waals surface area contributed by atoms with Crippen LogP contribution in [0.2, 0.25) is 0 Å². The number of hydrogen-bond acceptors (Lipinski definition) is 5. The Morgan fingerprint density at radius 3 is 2.27 bits per heavy atom. The van der Waals surface area contributed by atoms with Crippen molar-refractivity contribution in [3.05, 3.63) is 40.3 Å². The van der Waals surface area contributed by atoms with Crippen molar-refractivity contribution in [2.45, 2.75) is 46.1 Å². The Kier molecular flexibility index (Phi) is 4.49. The fraction of sp³-hybridized carbons (Fsp3) is 0.438. The molecule has 2 N–H and O–H groups in total. The lowest BCUT2D eigenvalue weighted by Crippen LogP contribution is -2.28. The molecular weight excluding hydrogens is 280 g/mol. The highest BCUT2D eigenvalue weighted by molar-refractivity contribution is 5.54. The van der Waals surface area contributed by atoms with Crippen molar-refractivity contribution in [3.8, 4) is 5.75 Å². The van der Waals surface area contributed by atoms with Crippen LogP contribution in [0, 0.1) is 0 Å². The van der Waals surface area contributed by atoms with Crippen LogP contribution in [-0.4, -0.2) is 21.3 Å². The van der Waals surface area contributed by atoms with E-state index in [1.807, 2.05) is 58.9 Å². The SMILES string of the molecule is CC(C)Oc1ccc(Nc2nnc(C(C)(C)C)c(=O)[nH]2)cc1. The van der Waals surface area contributed by atoms with E-state index in [1.54, 1.807) is 0 Å². The molecule has 0 aliphatic carbocycles. The lowest BCUT2D eigenvalue weighted by molar-refractivity contribution is 0.242. The second-order valence-corrected chi connectivity index (χ2v) is 6.42. The normalized spacial score (nSPS) is 11.5. The molecule has 118 valence electrons. The van der Waals surface area contributed by atoms with Crippen LogP contribution in [0.3, 0.4) is 0 Å². The summed E-state index contributed by atoms with van der Waals surface area (Å²) in [5, 5.41) is 11.1. The minimum absolute atomic E-state index is 0.131. The molecule has 0 atom stereocenters. The summed E-state index contributed by atoms with van der Waals surface area (Å²) < 4.78 is 5.58. The molecule has 2 rings (SSSR count). The molecule has 0 bridgehead atoms. The fourth-order valence-electron chi connectivity index (χ4n) is 1.91. The summed E-state index contributed by atoms with van der Waals surface area (Å²) in [5.41, 5.74) is 0.641. The van der Waals surface area contributed by atoms with Gasteiger partial charge in [0.15, 0.2) is 0 Å². The summed E-state index contributed by atoms with van der Waals surface area (Å²) in [6.45, 7) is 9.72. The smallest absolute Gasteiger partial charge is 0.274 e. The molecule has 0 unspecified atom stereocenters. The molecule has 1 aromatic carbocycles. The monoisotopic (exact) mass is 302 g/mol. The average molecular weight is 302 g/mol. The highest BCUT2D eigenvalue weighted by Gasteiger charge is 2.20. The number of aromatic amines is 1. The first kappa shape index (κ1) is 16.0. The minimum atomic E-state index is -0.338. The molecule has 0 aliphatic heterocycles. The summed E-state index contributed by atoms with van der Waals surface area (Å²) in [6.07, 6.45) is 0.131. The zero-order valence-electron chi connectivity index (χ0n) is 13.6. The maximum absolute atomic E-state index is 12.0. The van der Waals surface area contributed by atoms with E-state index in [0.29, 0.717) is 11.6 Å². The second-order valence-electron chi connectivity index (χ2n) is 6.42. The predicted molar refractivity (Wildman–Crippen MR) is 86.8 cm³/mol. The summed E-state index contributed by atoms with van der Waals surface area (Å²) >= 11 is 0. The van der Waals surface area contributed by atoms with Gasteiger partial charge < -0.3 is 10.1 Å². The summed E-state index contributed by atoms with van der Waals surface area (Å²) in [4.78, 5) is 14.7. The molecule has 0 fully saturated rings.